The molecule has 0 amide bonds. The van der Waals surface area contributed by atoms with Crippen LogP contribution in [0.25, 0.3) is 0 Å². The molecule has 0 aliphatic heterocycles. The molecule has 0 nitrogen and oxygen atoms in total. The summed E-state index contributed by atoms with van der Waals surface area (Å²) in [4.78, 5) is 0. The maximum absolute atomic E-state index is 4.06. The zero-order chi connectivity index (χ0) is 12.4. The first-order chi connectivity index (χ1) is 7.96. The molecule has 0 fully saturated rings. The van der Waals surface area contributed by atoms with Gasteiger partial charge in [0, 0.05) is 0 Å². The minimum atomic E-state index is -1.98. The molecule has 2 aromatic carbocycles. The van der Waals surface area contributed by atoms with Crippen LogP contribution >= 0.6 is 20.8 Å². The van der Waals surface area contributed by atoms with Crippen molar-refractivity contribution in [2.75, 3.05) is 13.3 Å². The Morgan fingerprint density at radius 1 is 0.824 bits per heavy atom. The van der Waals surface area contributed by atoms with Crippen LogP contribution in [0, 0.1) is 0 Å². The predicted molar refractivity (Wildman–Crippen MR) is 83.9 cm³/mol. The van der Waals surface area contributed by atoms with Crippen molar-refractivity contribution < 1.29 is 0 Å². The van der Waals surface area contributed by atoms with E-state index in [1.165, 1.54) is 10.9 Å². The Bertz CT molecular complexity index is 483. The number of rotatable bonds is 3. The monoisotopic (exact) mass is 308 g/mol. The Balaban J connectivity index is 2.35. The van der Waals surface area contributed by atoms with Crippen molar-refractivity contribution in [3.63, 3.8) is 0 Å². The fourth-order valence-corrected chi connectivity index (χ4v) is 6.20. The van der Waals surface area contributed by atoms with Gasteiger partial charge in [-0.2, -0.15) is 0 Å². The average molecular weight is 309 g/mol. The van der Waals surface area contributed by atoms with Crippen molar-refractivity contribution in [3.8, 4) is 0 Å². The van der Waals surface area contributed by atoms with Crippen molar-refractivity contribution in [1.82, 2.24) is 0 Å². The molecule has 0 heterocycles. The van der Waals surface area contributed by atoms with E-state index in [1.807, 2.05) is 0 Å². The SMILES string of the molecule is CP(C)(Br)(Cc1ccccc1)c1ccccc1. The zero-order valence-corrected chi connectivity index (χ0v) is 12.8. The summed E-state index contributed by atoms with van der Waals surface area (Å²) in [5, 5.41) is -0.550. The fraction of sp³-hybridized carbons (Fsp3) is 0.200. The van der Waals surface area contributed by atoms with Gasteiger partial charge in [-0.05, 0) is 0 Å². The van der Waals surface area contributed by atoms with E-state index in [4.69, 9.17) is 0 Å². The summed E-state index contributed by atoms with van der Waals surface area (Å²) < 4.78 is 0. The van der Waals surface area contributed by atoms with Crippen LogP contribution in [0.5, 0.6) is 0 Å². The summed E-state index contributed by atoms with van der Waals surface area (Å²) in [5.74, 6) is 0. The van der Waals surface area contributed by atoms with Gasteiger partial charge in [-0.1, -0.05) is 0 Å². The Hall–Kier alpha value is -0.650. The van der Waals surface area contributed by atoms with Gasteiger partial charge < -0.3 is 0 Å². The second-order valence-corrected chi connectivity index (χ2v) is 17.3. The second-order valence-electron chi connectivity index (χ2n) is 5.21. The van der Waals surface area contributed by atoms with Crippen molar-refractivity contribution >= 4 is 26.1 Å². The molecule has 2 heteroatoms. The maximum atomic E-state index is 4.06. The third kappa shape index (κ3) is 3.18. The summed E-state index contributed by atoms with van der Waals surface area (Å²) in [6.45, 7) is 4.74. The van der Waals surface area contributed by atoms with Gasteiger partial charge in [0.05, 0.1) is 0 Å². The predicted octanol–water partition coefficient (Wildman–Crippen LogP) is 4.63. The van der Waals surface area contributed by atoms with E-state index < -0.39 is 5.31 Å². The van der Waals surface area contributed by atoms with Crippen LogP contribution in [-0.2, 0) is 6.16 Å². The van der Waals surface area contributed by atoms with Crippen LogP contribution in [0.4, 0.5) is 0 Å². The summed E-state index contributed by atoms with van der Waals surface area (Å²) in [7, 11) is 0. The number of hydrogen-bond donors (Lipinski definition) is 0. The summed E-state index contributed by atoms with van der Waals surface area (Å²) in [5.41, 5.74) is 1.40. The quantitative estimate of drug-likeness (QED) is 0.725. The van der Waals surface area contributed by atoms with Crippen molar-refractivity contribution in [2.24, 2.45) is 0 Å². The zero-order valence-electron chi connectivity index (χ0n) is 10.3. The normalized spacial score (nSPS) is 13.9. The molecule has 17 heavy (non-hydrogen) atoms. The van der Waals surface area contributed by atoms with Crippen LogP contribution < -0.4 is 5.30 Å². The molecule has 90 valence electrons. The Morgan fingerprint density at radius 3 is 1.82 bits per heavy atom. The number of halogens is 1. The first kappa shape index (κ1) is 12.8. The molecule has 0 saturated carbocycles. The second kappa shape index (κ2) is 4.55. The van der Waals surface area contributed by atoms with Gasteiger partial charge in [0.1, 0.15) is 0 Å². The molecule has 0 aliphatic carbocycles. The van der Waals surface area contributed by atoms with E-state index in [2.05, 4.69) is 89.5 Å². The van der Waals surface area contributed by atoms with E-state index in [9.17, 15) is 0 Å². The summed E-state index contributed by atoms with van der Waals surface area (Å²) >= 11 is 4.06. The average Bonchev–Trinajstić information content (AvgIpc) is 2.30. The Morgan fingerprint density at radius 2 is 1.29 bits per heavy atom. The van der Waals surface area contributed by atoms with E-state index in [0.717, 1.165) is 6.16 Å². The molecule has 0 bridgehead atoms. The molecular formula is C15H18BrP. The van der Waals surface area contributed by atoms with Crippen molar-refractivity contribution in [3.05, 3.63) is 66.2 Å². The third-order valence-corrected chi connectivity index (χ3v) is 8.18. The molecule has 2 rings (SSSR count). The Kier molecular flexibility index (Phi) is 3.43. The summed E-state index contributed by atoms with van der Waals surface area (Å²) in [6.07, 6.45) is 1.09. The van der Waals surface area contributed by atoms with Gasteiger partial charge in [0.2, 0.25) is 0 Å². The van der Waals surface area contributed by atoms with Crippen molar-refractivity contribution in [2.45, 2.75) is 6.16 Å². The molecule has 0 N–H and O–H groups in total. The van der Waals surface area contributed by atoms with Gasteiger partial charge >= 0.3 is 112 Å². The van der Waals surface area contributed by atoms with Gasteiger partial charge in [-0.3, -0.25) is 0 Å². The van der Waals surface area contributed by atoms with Gasteiger partial charge in [0.15, 0.2) is 0 Å². The van der Waals surface area contributed by atoms with Crippen LogP contribution in [0.15, 0.2) is 60.7 Å². The van der Waals surface area contributed by atoms with Gasteiger partial charge in [-0.25, -0.2) is 0 Å². The topological polar surface area (TPSA) is 0 Å². The first-order valence-corrected chi connectivity index (χ1v) is 11.1. The van der Waals surface area contributed by atoms with E-state index >= 15 is 0 Å². The van der Waals surface area contributed by atoms with E-state index in [1.54, 1.807) is 0 Å². The molecule has 0 saturated heterocycles. The van der Waals surface area contributed by atoms with E-state index in [0.29, 0.717) is 0 Å². The first-order valence-electron chi connectivity index (χ1n) is 5.78. The van der Waals surface area contributed by atoms with E-state index in [-0.39, 0.29) is 0 Å². The number of benzene rings is 2. The molecule has 0 spiro atoms. The number of hydrogen-bond acceptors (Lipinski definition) is 0. The third-order valence-electron chi connectivity index (χ3n) is 3.03. The summed E-state index contributed by atoms with van der Waals surface area (Å²) in [6, 6.07) is 21.5. The van der Waals surface area contributed by atoms with Crippen LogP contribution in [0.2, 0.25) is 0 Å². The van der Waals surface area contributed by atoms with Gasteiger partial charge in [0.25, 0.3) is 0 Å². The van der Waals surface area contributed by atoms with Crippen LogP contribution in [0.3, 0.4) is 0 Å². The standard InChI is InChI=1S/C15H18BrP/c1-17(2,16,15-11-7-4-8-12-15)13-14-9-5-3-6-10-14/h3-12H,13H2,1-2H3. The molecule has 0 atom stereocenters. The molecule has 0 unspecified atom stereocenters. The molecule has 0 aromatic heterocycles. The fourth-order valence-electron chi connectivity index (χ4n) is 2.09. The van der Waals surface area contributed by atoms with Gasteiger partial charge in [-0.15, -0.1) is 0 Å². The van der Waals surface area contributed by atoms with Crippen molar-refractivity contribution in [1.29, 1.82) is 0 Å². The van der Waals surface area contributed by atoms with Crippen LogP contribution in [-0.4, -0.2) is 13.3 Å². The molecule has 2 aromatic rings. The molecule has 0 aliphatic rings. The molecule has 0 radical (unpaired) electrons. The minimum absolute atomic E-state index is 1.09. The van der Waals surface area contributed by atoms with Crippen LogP contribution in [0.1, 0.15) is 5.56 Å². The molecular weight excluding hydrogens is 291 g/mol. The Labute approximate surface area is 112 Å².